The molecule has 2 atom stereocenters. The van der Waals surface area contributed by atoms with Gasteiger partial charge in [0, 0.05) is 52.9 Å². The number of rotatable bonds is 1. The van der Waals surface area contributed by atoms with Gasteiger partial charge in [-0.2, -0.15) is 0 Å². The second kappa shape index (κ2) is 7.60. The van der Waals surface area contributed by atoms with Gasteiger partial charge in [0.25, 0.3) is 0 Å². The molecule has 0 N–H and O–H groups in total. The molecule has 1 amide bonds. The van der Waals surface area contributed by atoms with Crippen molar-refractivity contribution in [3.63, 3.8) is 0 Å². The molecule has 0 radical (unpaired) electrons. The van der Waals surface area contributed by atoms with E-state index in [1.807, 2.05) is 37.8 Å². The lowest BCUT2D eigenvalue weighted by Crippen LogP contribution is -2.49. The third-order valence-electron chi connectivity index (χ3n) is 6.62. The van der Waals surface area contributed by atoms with Crippen molar-refractivity contribution >= 4 is 35.0 Å². The highest BCUT2D eigenvalue weighted by Crippen LogP contribution is 2.50. The van der Waals surface area contributed by atoms with E-state index >= 15 is 0 Å². The van der Waals surface area contributed by atoms with Gasteiger partial charge in [-0.15, -0.1) is 0 Å². The maximum Gasteiger partial charge on any atom is 0.410 e. The van der Waals surface area contributed by atoms with Crippen molar-refractivity contribution in [1.82, 2.24) is 4.90 Å². The van der Waals surface area contributed by atoms with Crippen molar-refractivity contribution in [2.75, 3.05) is 24.5 Å². The lowest BCUT2D eigenvalue weighted by molar-refractivity contribution is 0.0189. The summed E-state index contributed by atoms with van der Waals surface area (Å²) in [6.07, 6.45) is 2.99. The zero-order valence-corrected chi connectivity index (χ0v) is 19.8. The Balaban J connectivity index is 1.53. The van der Waals surface area contributed by atoms with Gasteiger partial charge >= 0.3 is 6.09 Å². The average molecular weight is 459 g/mol. The Morgan fingerprint density at radius 1 is 1.13 bits per heavy atom. The number of anilines is 1. The van der Waals surface area contributed by atoms with E-state index in [4.69, 9.17) is 27.9 Å². The number of fused-ring (bicyclic) bond motifs is 3. The number of likely N-dealkylation sites (tertiary alicyclic amines) is 1. The van der Waals surface area contributed by atoms with Crippen molar-refractivity contribution < 1.29 is 9.53 Å². The fourth-order valence-electron chi connectivity index (χ4n) is 5.42. The predicted octanol–water partition coefficient (Wildman–Crippen LogP) is 6.52. The summed E-state index contributed by atoms with van der Waals surface area (Å²) in [5, 5.41) is 1.31. The highest BCUT2D eigenvalue weighted by molar-refractivity contribution is 6.36. The minimum absolute atomic E-state index is 0.210. The van der Waals surface area contributed by atoms with Crippen molar-refractivity contribution in [3.05, 3.63) is 51.5 Å². The average Bonchev–Trinajstić information content (AvgIpc) is 3.01. The van der Waals surface area contributed by atoms with Crippen LogP contribution in [0.2, 0.25) is 10.0 Å². The van der Waals surface area contributed by atoms with E-state index in [9.17, 15) is 4.79 Å². The van der Waals surface area contributed by atoms with Gasteiger partial charge in [-0.25, -0.2) is 4.79 Å². The van der Waals surface area contributed by atoms with Gasteiger partial charge < -0.3 is 14.5 Å². The predicted molar refractivity (Wildman–Crippen MR) is 127 cm³/mol. The van der Waals surface area contributed by atoms with Gasteiger partial charge in [0.05, 0.1) is 0 Å². The van der Waals surface area contributed by atoms with E-state index in [1.54, 1.807) is 6.07 Å². The second-order valence-electron chi connectivity index (χ2n) is 9.88. The molecule has 31 heavy (non-hydrogen) atoms. The number of carbonyl (C=O) groups is 1. The Morgan fingerprint density at radius 2 is 1.94 bits per heavy atom. The first-order chi connectivity index (χ1) is 14.7. The first-order valence-corrected chi connectivity index (χ1v) is 11.8. The summed E-state index contributed by atoms with van der Waals surface area (Å²) in [6.45, 7) is 8.28. The van der Waals surface area contributed by atoms with Gasteiger partial charge in [-0.05, 0) is 81.0 Å². The number of halogens is 2. The number of piperidine rings is 1. The van der Waals surface area contributed by atoms with Gasteiger partial charge in [0.15, 0.2) is 0 Å². The Morgan fingerprint density at radius 3 is 2.68 bits per heavy atom. The van der Waals surface area contributed by atoms with E-state index < -0.39 is 5.60 Å². The quantitative estimate of drug-likeness (QED) is 0.487. The molecule has 5 rings (SSSR count). The number of carbonyl (C=O) groups excluding carboxylic acids is 1. The second-order valence-corrected chi connectivity index (χ2v) is 10.7. The van der Waals surface area contributed by atoms with Crippen molar-refractivity contribution in [2.24, 2.45) is 0 Å². The zero-order chi connectivity index (χ0) is 21.9. The maximum atomic E-state index is 12.8. The minimum Gasteiger partial charge on any atom is -0.444 e. The van der Waals surface area contributed by atoms with Crippen LogP contribution < -0.4 is 4.90 Å². The van der Waals surface area contributed by atoms with Gasteiger partial charge in [0.1, 0.15) is 5.60 Å². The molecular weight excluding hydrogens is 431 g/mol. The highest BCUT2D eigenvalue weighted by atomic mass is 35.5. The van der Waals surface area contributed by atoms with Gasteiger partial charge in [0.2, 0.25) is 0 Å². The molecule has 0 unspecified atom stereocenters. The molecule has 0 bridgehead atoms. The number of hydrogen-bond acceptors (Lipinski definition) is 3. The molecular formula is C25H28Cl2N2O2. The van der Waals surface area contributed by atoms with Crippen LogP contribution in [-0.2, 0) is 11.2 Å². The van der Waals surface area contributed by atoms with Crippen LogP contribution in [-0.4, -0.2) is 42.3 Å². The van der Waals surface area contributed by atoms with Crippen molar-refractivity contribution in [3.8, 4) is 11.1 Å². The van der Waals surface area contributed by atoms with E-state index in [1.165, 1.54) is 16.8 Å². The Hall–Kier alpha value is -1.91. The smallest absolute Gasteiger partial charge is 0.410 e. The topological polar surface area (TPSA) is 32.8 Å². The summed E-state index contributed by atoms with van der Waals surface area (Å²) >= 11 is 12.7. The molecule has 3 aliphatic rings. The van der Waals surface area contributed by atoms with Crippen LogP contribution in [0.15, 0.2) is 30.3 Å². The summed E-state index contributed by atoms with van der Waals surface area (Å²) in [5.74, 6) is 0.291. The van der Waals surface area contributed by atoms with Crippen molar-refractivity contribution in [1.29, 1.82) is 0 Å². The Bertz CT molecular complexity index is 1050. The third-order valence-corrected chi connectivity index (χ3v) is 7.17. The monoisotopic (exact) mass is 458 g/mol. The molecule has 0 aliphatic carbocycles. The van der Waals surface area contributed by atoms with E-state index in [-0.39, 0.29) is 6.09 Å². The maximum absolute atomic E-state index is 12.8. The lowest BCUT2D eigenvalue weighted by atomic mass is 9.87. The summed E-state index contributed by atoms with van der Waals surface area (Å²) in [4.78, 5) is 17.3. The zero-order valence-electron chi connectivity index (χ0n) is 18.3. The Labute approximate surface area is 194 Å². The van der Waals surface area contributed by atoms with E-state index in [2.05, 4.69) is 17.0 Å². The number of hydrogen-bond donors (Lipinski definition) is 0. The lowest BCUT2D eigenvalue weighted by Gasteiger charge is -2.40. The number of ether oxygens (including phenoxy) is 1. The molecule has 0 aromatic heterocycles. The number of aryl methyl sites for hydroxylation is 1. The molecule has 0 saturated carbocycles. The molecule has 4 nitrogen and oxygen atoms in total. The largest absolute Gasteiger partial charge is 0.444 e. The molecule has 164 valence electrons. The van der Waals surface area contributed by atoms with Crippen LogP contribution in [0.3, 0.4) is 0 Å². The molecule has 1 saturated heterocycles. The fourth-order valence-corrected chi connectivity index (χ4v) is 5.93. The van der Waals surface area contributed by atoms with Crippen LogP contribution in [0.5, 0.6) is 0 Å². The van der Waals surface area contributed by atoms with Gasteiger partial charge in [-0.3, -0.25) is 0 Å². The van der Waals surface area contributed by atoms with Gasteiger partial charge in [-0.1, -0.05) is 29.3 Å². The van der Waals surface area contributed by atoms with Crippen LogP contribution in [0.4, 0.5) is 10.5 Å². The standard InChI is InChI=1S/C25H28Cl2N2O2/c1-25(2,3)31-24(30)28-10-8-22-20(14-28)19-12-16(18-7-6-17(26)13-21(18)27)11-15-5-4-9-29(22)23(15)19/h6-7,11-13,20,22H,4-5,8-10,14H2,1-3H3/t20-,22-/m0/s1. The molecule has 1 fully saturated rings. The first kappa shape index (κ1) is 21.0. The molecule has 3 aliphatic heterocycles. The molecule has 6 heteroatoms. The molecule has 2 aromatic carbocycles. The SMILES string of the molecule is CC(C)(C)OC(=O)N1CC[C@H]2[C@@H](C1)c1cc(-c3ccc(Cl)cc3Cl)cc3c1N2CCC3. The van der Waals surface area contributed by atoms with Crippen LogP contribution in [0.1, 0.15) is 50.7 Å². The third kappa shape index (κ3) is 3.78. The Kier molecular flexibility index (Phi) is 5.14. The summed E-state index contributed by atoms with van der Waals surface area (Å²) in [7, 11) is 0. The summed E-state index contributed by atoms with van der Waals surface area (Å²) < 4.78 is 5.67. The van der Waals surface area contributed by atoms with Crippen molar-refractivity contribution in [2.45, 2.75) is 57.6 Å². The summed E-state index contributed by atoms with van der Waals surface area (Å²) in [6, 6.07) is 10.7. The molecule has 2 aromatic rings. The van der Waals surface area contributed by atoms with Crippen LogP contribution in [0, 0.1) is 0 Å². The summed E-state index contributed by atoms with van der Waals surface area (Å²) in [5.41, 5.74) is 5.78. The number of benzene rings is 2. The highest BCUT2D eigenvalue weighted by Gasteiger charge is 2.45. The molecule has 0 spiro atoms. The van der Waals surface area contributed by atoms with E-state index in [0.29, 0.717) is 28.5 Å². The van der Waals surface area contributed by atoms with Crippen LogP contribution >= 0.6 is 23.2 Å². The molecule has 3 heterocycles. The first-order valence-electron chi connectivity index (χ1n) is 11.1. The number of amides is 1. The normalized spacial score (nSPS) is 22.2. The van der Waals surface area contributed by atoms with Crippen LogP contribution in [0.25, 0.3) is 11.1 Å². The minimum atomic E-state index is -0.484. The van der Waals surface area contributed by atoms with E-state index in [0.717, 1.165) is 43.5 Å². The fraction of sp³-hybridized carbons (Fsp3) is 0.480. The number of nitrogens with zero attached hydrogens (tertiary/aromatic N) is 2.